The molecular formula is C13H12N2O4S. The first kappa shape index (κ1) is 14.1. The Bertz CT molecular complexity index is 571. The van der Waals surface area contributed by atoms with Crippen molar-refractivity contribution in [2.75, 3.05) is 17.6 Å². The van der Waals surface area contributed by atoms with Crippen molar-refractivity contribution in [2.24, 2.45) is 0 Å². The molecule has 1 fully saturated rings. The monoisotopic (exact) mass is 292 g/mol. The number of hydrogen-bond donors (Lipinski definition) is 2. The van der Waals surface area contributed by atoms with E-state index in [1.807, 2.05) is 6.07 Å². The minimum Gasteiger partial charge on any atom is -0.478 e. The zero-order chi connectivity index (χ0) is 14.5. The molecule has 0 saturated carbocycles. The molecule has 1 aromatic carbocycles. The number of nitrogens with one attached hydrogen (secondary N) is 1. The molecule has 2 N–H and O–H groups in total. The van der Waals surface area contributed by atoms with Gasteiger partial charge in [-0.2, -0.15) is 0 Å². The van der Waals surface area contributed by atoms with Crippen LogP contribution in [0.25, 0.3) is 0 Å². The number of carboxylic acid groups (broad SMARTS) is 1. The highest BCUT2D eigenvalue weighted by Gasteiger charge is 2.28. The molecular weight excluding hydrogens is 280 g/mol. The zero-order valence-corrected chi connectivity index (χ0v) is 11.2. The first-order chi connectivity index (χ1) is 9.56. The Morgan fingerprint density at radius 3 is 2.70 bits per heavy atom. The highest BCUT2D eigenvalue weighted by molar-refractivity contribution is 8.04. The summed E-state index contributed by atoms with van der Waals surface area (Å²) >= 11 is 1.11. The Balaban J connectivity index is 2.02. The van der Waals surface area contributed by atoms with E-state index in [0.717, 1.165) is 17.8 Å². The number of amides is 2. The van der Waals surface area contributed by atoms with Gasteiger partial charge in [0.25, 0.3) is 0 Å². The normalized spacial score (nSPS) is 16.5. The maximum Gasteiger partial charge on any atom is 0.330 e. The largest absolute Gasteiger partial charge is 0.478 e. The topological polar surface area (TPSA) is 86.7 Å². The van der Waals surface area contributed by atoms with Crippen molar-refractivity contribution < 1.29 is 19.5 Å². The molecule has 0 bridgehead atoms. The molecule has 0 unspecified atom stereocenters. The second kappa shape index (κ2) is 6.25. The second-order valence-corrected chi connectivity index (χ2v) is 5.00. The van der Waals surface area contributed by atoms with Crippen LogP contribution in [0.2, 0.25) is 0 Å². The molecule has 104 valence electrons. The summed E-state index contributed by atoms with van der Waals surface area (Å²) in [6, 6.07) is 8.84. The van der Waals surface area contributed by atoms with Gasteiger partial charge < -0.3 is 10.4 Å². The highest BCUT2D eigenvalue weighted by Crippen LogP contribution is 2.28. The molecule has 1 aromatic rings. The van der Waals surface area contributed by atoms with E-state index in [1.54, 1.807) is 24.3 Å². The molecule has 0 aromatic heterocycles. The van der Waals surface area contributed by atoms with Crippen LogP contribution in [-0.4, -0.2) is 40.1 Å². The van der Waals surface area contributed by atoms with Gasteiger partial charge in [0.2, 0.25) is 11.8 Å². The number of carboxylic acids is 1. The van der Waals surface area contributed by atoms with E-state index in [4.69, 9.17) is 5.11 Å². The van der Waals surface area contributed by atoms with Crippen molar-refractivity contribution in [1.29, 1.82) is 0 Å². The van der Waals surface area contributed by atoms with E-state index in [2.05, 4.69) is 5.32 Å². The highest BCUT2D eigenvalue weighted by atomic mass is 32.2. The van der Waals surface area contributed by atoms with Gasteiger partial charge in [-0.1, -0.05) is 30.0 Å². The van der Waals surface area contributed by atoms with Gasteiger partial charge in [0.1, 0.15) is 6.54 Å². The quantitative estimate of drug-likeness (QED) is 0.812. The Hall–Kier alpha value is -2.28. The van der Waals surface area contributed by atoms with Crippen LogP contribution in [0, 0.1) is 0 Å². The molecule has 6 nitrogen and oxygen atoms in total. The van der Waals surface area contributed by atoms with Crippen LogP contribution in [-0.2, 0) is 14.4 Å². The zero-order valence-electron chi connectivity index (χ0n) is 10.4. The van der Waals surface area contributed by atoms with Gasteiger partial charge in [0.05, 0.1) is 16.9 Å². The average Bonchev–Trinajstić information content (AvgIpc) is 2.72. The van der Waals surface area contributed by atoms with Gasteiger partial charge >= 0.3 is 5.97 Å². The maximum atomic E-state index is 11.9. The predicted molar refractivity (Wildman–Crippen MR) is 75.0 cm³/mol. The van der Waals surface area contributed by atoms with Gasteiger partial charge in [-0.05, 0) is 12.1 Å². The van der Waals surface area contributed by atoms with E-state index in [-0.39, 0.29) is 29.1 Å². The molecule has 1 saturated heterocycles. The van der Waals surface area contributed by atoms with Gasteiger partial charge in [0, 0.05) is 5.69 Å². The number of para-hydroxylation sites is 1. The van der Waals surface area contributed by atoms with E-state index in [0.29, 0.717) is 5.69 Å². The minimum atomic E-state index is -1.14. The van der Waals surface area contributed by atoms with Crippen molar-refractivity contribution in [3.8, 4) is 0 Å². The number of hydrogen-bond acceptors (Lipinski definition) is 4. The molecule has 0 radical (unpaired) electrons. The Morgan fingerprint density at radius 2 is 2.05 bits per heavy atom. The number of thioether (sulfide) groups is 1. The number of aliphatic carboxylic acids is 1. The van der Waals surface area contributed by atoms with Gasteiger partial charge in [0.15, 0.2) is 0 Å². The molecule has 0 aliphatic carbocycles. The van der Waals surface area contributed by atoms with Crippen molar-refractivity contribution in [2.45, 2.75) is 0 Å². The van der Waals surface area contributed by atoms with E-state index >= 15 is 0 Å². The smallest absolute Gasteiger partial charge is 0.330 e. The van der Waals surface area contributed by atoms with Crippen LogP contribution < -0.4 is 5.32 Å². The summed E-state index contributed by atoms with van der Waals surface area (Å²) in [6.45, 7) is -0.195. The number of anilines is 1. The van der Waals surface area contributed by atoms with Crippen LogP contribution in [0.3, 0.4) is 0 Å². The lowest BCUT2D eigenvalue weighted by molar-refractivity contribution is -0.131. The molecule has 2 rings (SSSR count). The Kier molecular flexibility index (Phi) is 4.41. The van der Waals surface area contributed by atoms with Crippen molar-refractivity contribution in [1.82, 2.24) is 4.90 Å². The van der Waals surface area contributed by atoms with Crippen LogP contribution in [0.15, 0.2) is 41.4 Å². The molecule has 0 atom stereocenters. The van der Waals surface area contributed by atoms with Crippen molar-refractivity contribution >= 4 is 35.2 Å². The van der Waals surface area contributed by atoms with Gasteiger partial charge in [-0.15, -0.1) is 0 Å². The Labute approximate surface area is 119 Å². The van der Waals surface area contributed by atoms with Gasteiger partial charge in [-0.25, -0.2) is 4.79 Å². The summed E-state index contributed by atoms with van der Waals surface area (Å²) in [7, 11) is 0. The third-order valence-corrected chi connectivity index (χ3v) is 3.54. The standard InChI is InChI=1S/C13H12N2O4S/c16-10(14-9-4-2-1-3-5-9)7-15-11(17)8-20-12(15)6-13(18)19/h1-6H,7-8H2,(H,14,16)(H,18,19). The molecule has 1 heterocycles. The summed E-state index contributed by atoms with van der Waals surface area (Å²) in [4.78, 5) is 35.3. The summed E-state index contributed by atoms with van der Waals surface area (Å²) in [6.07, 6.45) is 0.936. The summed E-state index contributed by atoms with van der Waals surface area (Å²) in [5, 5.41) is 11.6. The van der Waals surface area contributed by atoms with Gasteiger partial charge in [-0.3, -0.25) is 14.5 Å². The van der Waals surface area contributed by atoms with Crippen molar-refractivity contribution in [3.63, 3.8) is 0 Å². The molecule has 7 heteroatoms. The predicted octanol–water partition coefficient (Wildman–Crippen LogP) is 1.13. The number of carbonyl (C=O) groups is 3. The van der Waals surface area contributed by atoms with Crippen LogP contribution in [0.5, 0.6) is 0 Å². The van der Waals surface area contributed by atoms with Crippen LogP contribution >= 0.6 is 11.8 Å². The fourth-order valence-corrected chi connectivity index (χ4v) is 2.60. The minimum absolute atomic E-state index is 0.151. The number of benzene rings is 1. The number of rotatable bonds is 4. The lowest BCUT2D eigenvalue weighted by Crippen LogP contribution is -2.33. The lowest BCUT2D eigenvalue weighted by Gasteiger charge is -2.16. The van der Waals surface area contributed by atoms with E-state index in [9.17, 15) is 14.4 Å². The third-order valence-electron chi connectivity index (χ3n) is 2.52. The fourth-order valence-electron chi connectivity index (χ4n) is 1.67. The first-order valence-corrected chi connectivity index (χ1v) is 6.77. The molecule has 0 spiro atoms. The first-order valence-electron chi connectivity index (χ1n) is 5.79. The maximum absolute atomic E-state index is 11.9. The second-order valence-electron chi connectivity index (χ2n) is 4.00. The molecule has 1 aliphatic rings. The SMILES string of the molecule is O=C(O)C=C1SCC(=O)N1CC(=O)Nc1ccccc1. The summed E-state index contributed by atoms with van der Waals surface area (Å²) < 4.78 is 0. The fraction of sp³-hybridized carbons (Fsp3) is 0.154. The lowest BCUT2D eigenvalue weighted by atomic mass is 10.3. The van der Waals surface area contributed by atoms with E-state index < -0.39 is 5.97 Å². The number of nitrogens with zero attached hydrogens (tertiary/aromatic N) is 1. The average molecular weight is 292 g/mol. The number of carbonyl (C=O) groups excluding carboxylic acids is 2. The Morgan fingerprint density at radius 1 is 1.35 bits per heavy atom. The molecule has 2 amide bonds. The third kappa shape index (κ3) is 3.61. The molecule has 1 aliphatic heterocycles. The molecule has 20 heavy (non-hydrogen) atoms. The van der Waals surface area contributed by atoms with Crippen LogP contribution in [0.4, 0.5) is 5.69 Å². The summed E-state index contributed by atoms with van der Waals surface area (Å²) in [5.41, 5.74) is 0.626. The summed E-state index contributed by atoms with van der Waals surface area (Å²) in [5.74, 6) is -1.64. The van der Waals surface area contributed by atoms with E-state index in [1.165, 1.54) is 4.90 Å². The van der Waals surface area contributed by atoms with Crippen LogP contribution in [0.1, 0.15) is 0 Å². The van der Waals surface area contributed by atoms with Crippen molar-refractivity contribution in [3.05, 3.63) is 41.4 Å².